The van der Waals surface area contributed by atoms with Crippen LogP contribution in [0, 0.1) is 0 Å². The average Bonchev–Trinajstić information content (AvgIpc) is 3.40. The number of nitrogens with zero attached hydrogens (tertiary/aromatic N) is 3. The van der Waals surface area contributed by atoms with Gasteiger partial charge < -0.3 is 8.83 Å². The summed E-state index contributed by atoms with van der Waals surface area (Å²) in [5.74, 6) is 1.46. The summed E-state index contributed by atoms with van der Waals surface area (Å²) in [7, 11) is -3.47. The molecule has 0 radical (unpaired) electrons. The summed E-state index contributed by atoms with van der Waals surface area (Å²) in [6, 6.07) is 10.6. The Morgan fingerprint density at radius 3 is 2.48 bits per heavy atom. The molecule has 0 aliphatic carbocycles. The lowest BCUT2D eigenvalue weighted by Gasteiger charge is -2.29. The number of benzene rings is 1. The minimum Gasteiger partial charge on any atom is -0.459 e. The van der Waals surface area contributed by atoms with Gasteiger partial charge in [-0.05, 0) is 49.1 Å². The van der Waals surface area contributed by atoms with Crippen molar-refractivity contribution in [3.8, 4) is 11.7 Å². The van der Waals surface area contributed by atoms with Crippen molar-refractivity contribution < 1.29 is 17.3 Å². The quantitative estimate of drug-likeness (QED) is 0.666. The van der Waals surface area contributed by atoms with E-state index in [-0.39, 0.29) is 5.92 Å². The first-order valence-corrected chi connectivity index (χ1v) is 10.5. The molecule has 1 aliphatic rings. The van der Waals surface area contributed by atoms with Crippen molar-refractivity contribution in [1.82, 2.24) is 14.5 Å². The molecule has 2 aromatic heterocycles. The predicted octanol–water partition coefficient (Wildman–Crippen LogP) is 3.46. The molecule has 0 atom stereocenters. The van der Waals surface area contributed by atoms with E-state index in [0.717, 1.165) is 12.0 Å². The number of aryl methyl sites for hydroxylation is 1. The molecule has 0 unspecified atom stereocenters. The zero-order valence-corrected chi connectivity index (χ0v) is 15.9. The largest absolute Gasteiger partial charge is 0.459 e. The van der Waals surface area contributed by atoms with Crippen molar-refractivity contribution in [2.24, 2.45) is 0 Å². The van der Waals surface area contributed by atoms with Crippen LogP contribution in [0.1, 0.15) is 37.1 Å². The molecule has 4 rings (SSSR count). The van der Waals surface area contributed by atoms with E-state index in [4.69, 9.17) is 8.83 Å². The maximum absolute atomic E-state index is 12.9. The van der Waals surface area contributed by atoms with Gasteiger partial charge in [0.1, 0.15) is 0 Å². The van der Waals surface area contributed by atoms with E-state index in [1.165, 1.54) is 4.31 Å². The molecule has 27 heavy (non-hydrogen) atoms. The van der Waals surface area contributed by atoms with Crippen molar-refractivity contribution in [1.29, 1.82) is 0 Å². The maximum atomic E-state index is 12.9. The second kappa shape index (κ2) is 7.28. The Balaban J connectivity index is 1.43. The average molecular weight is 387 g/mol. The van der Waals surface area contributed by atoms with Crippen LogP contribution in [0.25, 0.3) is 11.7 Å². The lowest BCUT2D eigenvalue weighted by atomic mass is 9.98. The first-order valence-electron chi connectivity index (χ1n) is 9.04. The molecule has 0 saturated carbocycles. The smallest absolute Gasteiger partial charge is 0.283 e. The van der Waals surface area contributed by atoms with Crippen LogP contribution in [-0.4, -0.2) is 36.0 Å². The highest BCUT2D eigenvalue weighted by atomic mass is 32.2. The zero-order valence-electron chi connectivity index (χ0n) is 15.0. The van der Waals surface area contributed by atoms with Gasteiger partial charge in [-0.1, -0.05) is 19.1 Å². The third-order valence-corrected chi connectivity index (χ3v) is 6.86. The third-order valence-electron chi connectivity index (χ3n) is 4.95. The highest BCUT2D eigenvalue weighted by Gasteiger charge is 2.32. The van der Waals surface area contributed by atoms with E-state index in [2.05, 4.69) is 10.2 Å². The molecule has 0 amide bonds. The molecule has 3 aromatic rings. The van der Waals surface area contributed by atoms with Crippen molar-refractivity contribution >= 4 is 10.0 Å². The van der Waals surface area contributed by atoms with E-state index in [9.17, 15) is 8.42 Å². The van der Waals surface area contributed by atoms with Gasteiger partial charge in [0.05, 0.1) is 11.2 Å². The van der Waals surface area contributed by atoms with Gasteiger partial charge in [0.15, 0.2) is 5.76 Å². The first-order chi connectivity index (χ1) is 13.1. The molecule has 1 fully saturated rings. The van der Waals surface area contributed by atoms with E-state index >= 15 is 0 Å². The number of piperidine rings is 1. The molecule has 142 valence electrons. The Morgan fingerprint density at radius 2 is 1.85 bits per heavy atom. The summed E-state index contributed by atoms with van der Waals surface area (Å²) < 4.78 is 38.2. The van der Waals surface area contributed by atoms with E-state index in [1.54, 1.807) is 30.5 Å². The summed E-state index contributed by atoms with van der Waals surface area (Å²) in [5.41, 5.74) is 1.12. The van der Waals surface area contributed by atoms with Gasteiger partial charge in [0.25, 0.3) is 5.89 Å². The van der Waals surface area contributed by atoms with Crippen LogP contribution in [0.4, 0.5) is 0 Å². The standard InChI is InChI=1S/C19H21N3O4S/c1-2-14-5-7-16(8-6-14)27(23,24)22-11-9-15(10-12-22)18-20-21-19(26-18)17-4-3-13-25-17/h3-8,13,15H,2,9-12H2,1H3. The molecule has 0 bridgehead atoms. The molecule has 3 heterocycles. The fourth-order valence-electron chi connectivity index (χ4n) is 3.29. The Labute approximate surface area is 158 Å². The number of aromatic nitrogens is 2. The van der Waals surface area contributed by atoms with Crippen LogP contribution < -0.4 is 0 Å². The molecule has 0 N–H and O–H groups in total. The second-order valence-electron chi connectivity index (χ2n) is 6.60. The summed E-state index contributed by atoms with van der Waals surface area (Å²) in [6.45, 7) is 2.91. The molecular formula is C19H21N3O4S. The van der Waals surface area contributed by atoms with Crippen LogP contribution in [0.15, 0.2) is 56.4 Å². The molecule has 0 spiro atoms. The number of rotatable bonds is 5. The first kappa shape index (κ1) is 17.9. The van der Waals surface area contributed by atoms with Crippen molar-refractivity contribution in [2.45, 2.75) is 37.0 Å². The SMILES string of the molecule is CCc1ccc(S(=O)(=O)N2CCC(c3nnc(-c4ccco4)o3)CC2)cc1. The fourth-order valence-corrected chi connectivity index (χ4v) is 4.76. The lowest BCUT2D eigenvalue weighted by molar-refractivity contribution is 0.290. The Morgan fingerprint density at radius 1 is 1.11 bits per heavy atom. The Hall–Kier alpha value is -2.45. The minimum absolute atomic E-state index is 0.0510. The summed E-state index contributed by atoms with van der Waals surface area (Å²) in [5, 5.41) is 8.14. The number of hydrogen-bond donors (Lipinski definition) is 0. The van der Waals surface area contributed by atoms with Gasteiger partial charge in [-0.15, -0.1) is 10.2 Å². The van der Waals surface area contributed by atoms with Crippen molar-refractivity contribution in [3.63, 3.8) is 0 Å². The Kier molecular flexibility index (Phi) is 4.84. The van der Waals surface area contributed by atoms with Crippen LogP contribution in [0.2, 0.25) is 0 Å². The zero-order chi connectivity index (χ0) is 18.9. The van der Waals surface area contributed by atoms with Gasteiger partial charge in [-0.2, -0.15) is 4.31 Å². The van der Waals surface area contributed by atoms with Crippen molar-refractivity contribution in [2.75, 3.05) is 13.1 Å². The highest BCUT2D eigenvalue weighted by Crippen LogP contribution is 2.31. The third kappa shape index (κ3) is 3.54. The molecule has 1 saturated heterocycles. The monoisotopic (exact) mass is 387 g/mol. The van der Waals surface area contributed by atoms with Gasteiger partial charge in [0.2, 0.25) is 15.9 Å². The molecular weight excluding hydrogens is 366 g/mol. The van der Waals surface area contributed by atoms with E-state index < -0.39 is 10.0 Å². The van der Waals surface area contributed by atoms with E-state index in [0.29, 0.717) is 48.4 Å². The molecule has 1 aliphatic heterocycles. The normalized spacial score (nSPS) is 16.6. The number of furan rings is 1. The van der Waals surface area contributed by atoms with Crippen LogP contribution in [0.3, 0.4) is 0 Å². The predicted molar refractivity (Wildman–Crippen MR) is 98.6 cm³/mol. The van der Waals surface area contributed by atoms with Crippen LogP contribution in [-0.2, 0) is 16.4 Å². The van der Waals surface area contributed by atoms with Gasteiger partial charge in [0, 0.05) is 19.0 Å². The van der Waals surface area contributed by atoms with Crippen molar-refractivity contribution in [3.05, 3.63) is 54.1 Å². The summed E-state index contributed by atoms with van der Waals surface area (Å²) in [4.78, 5) is 0.344. The lowest BCUT2D eigenvalue weighted by Crippen LogP contribution is -2.37. The highest BCUT2D eigenvalue weighted by molar-refractivity contribution is 7.89. The molecule has 1 aromatic carbocycles. The number of hydrogen-bond acceptors (Lipinski definition) is 6. The van der Waals surface area contributed by atoms with Gasteiger partial charge in [-0.25, -0.2) is 8.42 Å². The Bertz CT molecular complexity index is 986. The van der Waals surface area contributed by atoms with Gasteiger partial charge >= 0.3 is 0 Å². The maximum Gasteiger partial charge on any atom is 0.283 e. The summed E-state index contributed by atoms with van der Waals surface area (Å²) >= 11 is 0. The number of sulfonamides is 1. The van der Waals surface area contributed by atoms with E-state index in [1.807, 2.05) is 19.1 Å². The minimum atomic E-state index is -3.47. The van der Waals surface area contributed by atoms with Gasteiger partial charge in [-0.3, -0.25) is 0 Å². The molecule has 7 nitrogen and oxygen atoms in total. The van der Waals surface area contributed by atoms with Crippen LogP contribution in [0.5, 0.6) is 0 Å². The second-order valence-corrected chi connectivity index (χ2v) is 8.54. The van der Waals surface area contributed by atoms with Crippen LogP contribution >= 0.6 is 0 Å². The topological polar surface area (TPSA) is 89.4 Å². The summed E-state index contributed by atoms with van der Waals surface area (Å²) in [6.07, 6.45) is 3.73. The fraction of sp³-hybridized carbons (Fsp3) is 0.368. The molecule has 8 heteroatoms.